The van der Waals surface area contributed by atoms with Crippen molar-refractivity contribution < 1.29 is 26.7 Å². The predicted molar refractivity (Wildman–Crippen MR) is 85.8 cm³/mol. The molecule has 1 aliphatic heterocycles. The van der Waals surface area contributed by atoms with Crippen molar-refractivity contribution >= 4 is 15.7 Å². The van der Waals surface area contributed by atoms with Crippen LogP contribution in [0.3, 0.4) is 0 Å². The Morgan fingerprint density at radius 3 is 2.64 bits per heavy atom. The maximum absolute atomic E-state index is 13.2. The summed E-state index contributed by atoms with van der Waals surface area (Å²) in [5.74, 6) is -2.88. The molecule has 0 fully saturated rings. The molecule has 2 atom stereocenters. The highest BCUT2D eigenvalue weighted by atomic mass is 32.2. The number of rotatable bonds is 4. The smallest absolute Gasteiger partial charge is 0.261 e. The lowest BCUT2D eigenvalue weighted by Crippen LogP contribution is -2.39. The summed E-state index contributed by atoms with van der Waals surface area (Å²) in [5, 5.41) is 2.63. The Morgan fingerprint density at radius 2 is 1.92 bits per heavy atom. The Bertz CT molecular complexity index is 930. The van der Waals surface area contributed by atoms with E-state index in [0.29, 0.717) is 5.56 Å². The highest BCUT2D eigenvalue weighted by Crippen LogP contribution is 2.33. The van der Waals surface area contributed by atoms with Gasteiger partial charge in [-0.25, -0.2) is 17.2 Å². The second-order valence-corrected chi connectivity index (χ2v) is 7.72. The van der Waals surface area contributed by atoms with Crippen LogP contribution in [0.25, 0.3) is 0 Å². The summed E-state index contributed by atoms with van der Waals surface area (Å²) in [6, 6.07) is 8.73. The Kier molecular flexibility index (Phi) is 4.47. The maximum atomic E-state index is 13.2. The summed E-state index contributed by atoms with van der Waals surface area (Å²) in [5.41, 5.74) is 0.524. The number of benzene rings is 2. The highest BCUT2D eigenvalue weighted by Gasteiger charge is 2.36. The van der Waals surface area contributed by atoms with Gasteiger partial charge in [0, 0.05) is 6.07 Å². The van der Waals surface area contributed by atoms with Crippen LogP contribution in [0, 0.1) is 11.6 Å². The number of hydrogen-bond donors (Lipinski definition) is 1. The van der Waals surface area contributed by atoms with Crippen molar-refractivity contribution in [3.8, 4) is 5.75 Å². The van der Waals surface area contributed by atoms with Crippen molar-refractivity contribution in [3.63, 3.8) is 0 Å². The van der Waals surface area contributed by atoms with E-state index < -0.39 is 39.5 Å². The van der Waals surface area contributed by atoms with Gasteiger partial charge in [-0.05, 0) is 30.7 Å². The molecular formula is C17H15F2NO4S. The van der Waals surface area contributed by atoms with E-state index in [-0.39, 0.29) is 16.4 Å². The molecule has 1 amide bonds. The van der Waals surface area contributed by atoms with Crippen LogP contribution in [0.2, 0.25) is 0 Å². The summed E-state index contributed by atoms with van der Waals surface area (Å²) in [7, 11) is -3.44. The Hall–Kier alpha value is -2.48. The van der Waals surface area contributed by atoms with Gasteiger partial charge in [-0.2, -0.15) is 0 Å². The lowest BCUT2D eigenvalue weighted by molar-refractivity contribution is -0.127. The number of amides is 1. The third kappa shape index (κ3) is 3.48. The molecule has 2 aromatic carbocycles. The zero-order valence-corrected chi connectivity index (χ0v) is 14.0. The van der Waals surface area contributed by atoms with Crippen LogP contribution >= 0.6 is 0 Å². The van der Waals surface area contributed by atoms with E-state index in [2.05, 4.69) is 5.32 Å². The van der Waals surface area contributed by atoms with Crippen molar-refractivity contribution in [2.45, 2.75) is 24.0 Å². The van der Waals surface area contributed by atoms with E-state index >= 15 is 0 Å². The first-order chi connectivity index (χ1) is 11.8. The van der Waals surface area contributed by atoms with Crippen molar-refractivity contribution in [1.29, 1.82) is 0 Å². The van der Waals surface area contributed by atoms with E-state index in [4.69, 9.17) is 4.74 Å². The Balaban J connectivity index is 1.71. The number of ether oxygens (including phenoxy) is 1. The number of hydrogen-bond acceptors (Lipinski definition) is 4. The van der Waals surface area contributed by atoms with Gasteiger partial charge >= 0.3 is 0 Å². The standard InChI is InChI=1S/C17H15F2NO4S/c1-10(24-11-6-7-13(18)14(19)8-11)17(21)20-15-9-25(22,23)16-5-3-2-4-12(15)16/h2-8,10,15H,9H2,1H3,(H,20,21)/t10-,15+/m0/s1. The van der Waals surface area contributed by atoms with Crippen LogP contribution in [-0.2, 0) is 14.6 Å². The third-order valence-electron chi connectivity index (χ3n) is 3.91. The van der Waals surface area contributed by atoms with Crippen LogP contribution in [0.1, 0.15) is 18.5 Å². The van der Waals surface area contributed by atoms with E-state index in [0.717, 1.165) is 12.1 Å². The highest BCUT2D eigenvalue weighted by molar-refractivity contribution is 7.91. The van der Waals surface area contributed by atoms with Crippen molar-refractivity contribution in [3.05, 3.63) is 59.7 Å². The van der Waals surface area contributed by atoms with Gasteiger partial charge in [-0.15, -0.1) is 0 Å². The molecule has 0 spiro atoms. The quantitative estimate of drug-likeness (QED) is 0.901. The SMILES string of the molecule is C[C@H](Oc1ccc(F)c(F)c1)C(=O)N[C@@H]1CS(=O)(=O)c2ccccc21. The van der Waals surface area contributed by atoms with E-state index in [9.17, 15) is 22.0 Å². The first kappa shape index (κ1) is 17.3. The van der Waals surface area contributed by atoms with Gasteiger partial charge in [0.1, 0.15) is 5.75 Å². The van der Waals surface area contributed by atoms with E-state index in [1.54, 1.807) is 18.2 Å². The van der Waals surface area contributed by atoms with Gasteiger partial charge in [-0.1, -0.05) is 18.2 Å². The monoisotopic (exact) mass is 367 g/mol. The Morgan fingerprint density at radius 1 is 1.20 bits per heavy atom. The fourth-order valence-corrected chi connectivity index (χ4v) is 4.40. The first-order valence-corrected chi connectivity index (χ1v) is 9.17. The maximum Gasteiger partial charge on any atom is 0.261 e. The number of nitrogens with one attached hydrogen (secondary N) is 1. The molecule has 0 aliphatic carbocycles. The molecular weight excluding hydrogens is 352 g/mol. The molecule has 0 unspecified atom stereocenters. The minimum atomic E-state index is -3.44. The summed E-state index contributed by atoms with van der Waals surface area (Å²) in [6.07, 6.45) is -1.01. The third-order valence-corrected chi connectivity index (χ3v) is 5.72. The number of halogens is 2. The molecule has 8 heteroatoms. The van der Waals surface area contributed by atoms with Gasteiger partial charge in [0.2, 0.25) is 0 Å². The fraction of sp³-hybridized carbons (Fsp3) is 0.235. The number of sulfone groups is 1. The van der Waals surface area contributed by atoms with E-state index in [1.807, 2.05) is 0 Å². The van der Waals surface area contributed by atoms with E-state index in [1.165, 1.54) is 19.1 Å². The van der Waals surface area contributed by atoms with Gasteiger partial charge in [0.15, 0.2) is 27.6 Å². The Labute approximate surface area is 143 Å². The molecule has 1 aliphatic rings. The summed E-state index contributed by atoms with van der Waals surface area (Å²) in [6.45, 7) is 1.44. The zero-order valence-electron chi connectivity index (χ0n) is 13.2. The summed E-state index contributed by atoms with van der Waals surface area (Å²) >= 11 is 0. The minimum absolute atomic E-state index is 0.000920. The average molecular weight is 367 g/mol. The average Bonchev–Trinajstić information content (AvgIpc) is 2.82. The normalized spacial score (nSPS) is 19.1. The molecule has 1 heterocycles. The van der Waals surface area contributed by atoms with Crippen molar-refractivity contribution in [2.24, 2.45) is 0 Å². The van der Waals surface area contributed by atoms with Crippen molar-refractivity contribution in [2.75, 3.05) is 5.75 Å². The molecule has 0 saturated carbocycles. The summed E-state index contributed by atoms with van der Waals surface area (Å²) in [4.78, 5) is 12.5. The molecule has 25 heavy (non-hydrogen) atoms. The lowest BCUT2D eigenvalue weighted by Gasteiger charge is -2.18. The fourth-order valence-electron chi connectivity index (χ4n) is 2.67. The van der Waals surface area contributed by atoms with Crippen LogP contribution in [0.15, 0.2) is 47.4 Å². The van der Waals surface area contributed by atoms with Gasteiger partial charge < -0.3 is 10.1 Å². The predicted octanol–water partition coefficient (Wildman–Crippen LogP) is 2.38. The number of carbonyl (C=O) groups excluding carboxylic acids is 1. The second-order valence-electron chi connectivity index (χ2n) is 5.72. The molecule has 0 bridgehead atoms. The molecule has 1 N–H and O–H groups in total. The second kappa shape index (κ2) is 6.44. The van der Waals surface area contributed by atoms with Crippen LogP contribution in [0.5, 0.6) is 5.75 Å². The van der Waals surface area contributed by atoms with Crippen LogP contribution in [0.4, 0.5) is 8.78 Å². The first-order valence-electron chi connectivity index (χ1n) is 7.52. The van der Waals surface area contributed by atoms with Crippen molar-refractivity contribution in [1.82, 2.24) is 5.32 Å². The van der Waals surface area contributed by atoms with Crippen LogP contribution in [-0.4, -0.2) is 26.2 Å². The molecule has 2 aromatic rings. The largest absolute Gasteiger partial charge is 0.481 e. The van der Waals surface area contributed by atoms with Crippen LogP contribution < -0.4 is 10.1 Å². The van der Waals surface area contributed by atoms with Gasteiger partial charge in [-0.3, -0.25) is 4.79 Å². The lowest BCUT2D eigenvalue weighted by atomic mass is 10.1. The summed E-state index contributed by atoms with van der Waals surface area (Å²) < 4.78 is 55.6. The molecule has 0 saturated heterocycles. The number of fused-ring (bicyclic) bond motifs is 1. The molecule has 0 aromatic heterocycles. The van der Waals surface area contributed by atoms with Gasteiger partial charge in [0.25, 0.3) is 5.91 Å². The zero-order chi connectivity index (χ0) is 18.2. The molecule has 0 radical (unpaired) electrons. The minimum Gasteiger partial charge on any atom is -0.481 e. The topological polar surface area (TPSA) is 72.5 Å². The van der Waals surface area contributed by atoms with Gasteiger partial charge in [0.05, 0.1) is 16.7 Å². The molecule has 5 nitrogen and oxygen atoms in total. The molecule has 132 valence electrons. The number of carbonyl (C=O) groups is 1. The molecule has 3 rings (SSSR count).